The predicted molar refractivity (Wildman–Crippen MR) is 151 cm³/mol. The first kappa shape index (κ1) is 25.2. The standard InChI is InChI=1S/C29H28ClFN6O2/c1-17(38)34-23-7-5-19(30)13-26(23)35-12-10-25(28(39)16-35)37-27-14-20(31)6-8-24(27)36(29(37)32)15-18-3-2-4-22-21(18)9-11-33-22/h2-9,11,13-14,25,28,32-33,39H,10,12,15-16H2,1H3,(H,34,38). The van der Waals surface area contributed by atoms with Crippen LogP contribution in [-0.2, 0) is 11.3 Å². The van der Waals surface area contributed by atoms with E-state index in [1.165, 1.54) is 19.1 Å². The predicted octanol–water partition coefficient (Wildman–Crippen LogP) is 5.02. The Balaban J connectivity index is 1.37. The number of rotatable bonds is 5. The largest absolute Gasteiger partial charge is 0.389 e. The molecular weight excluding hydrogens is 519 g/mol. The number of aliphatic hydroxyl groups excluding tert-OH is 1. The second kappa shape index (κ2) is 9.91. The number of hydrogen-bond acceptors (Lipinski definition) is 4. The van der Waals surface area contributed by atoms with E-state index in [1.54, 1.807) is 28.8 Å². The molecular formula is C29H28ClFN6O2. The van der Waals surface area contributed by atoms with Crippen molar-refractivity contribution >= 4 is 50.8 Å². The van der Waals surface area contributed by atoms with E-state index in [9.17, 15) is 14.3 Å². The Hall–Kier alpha value is -4.08. The van der Waals surface area contributed by atoms with Gasteiger partial charge in [0.15, 0.2) is 0 Å². The molecule has 1 aliphatic rings. The normalized spacial score (nSPS) is 17.7. The molecule has 2 unspecified atom stereocenters. The number of aromatic amines is 1. The van der Waals surface area contributed by atoms with Crippen molar-refractivity contribution in [2.75, 3.05) is 23.3 Å². The van der Waals surface area contributed by atoms with Gasteiger partial charge in [-0.15, -0.1) is 0 Å². The number of carbonyl (C=O) groups excluding carboxylic acids is 1. The highest BCUT2D eigenvalue weighted by atomic mass is 35.5. The highest BCUT2D eigenvalue weighted by Crippen LogP contribution is 2.35. The summed E-state index contributed by atoms with van der Waals surface area (Å²) in [5.74, 6) is -0.597. The van der Waals surface area contributed by atoms with Crippen molar-refractivity contribution in [2.45, 2.75) is 32.0 Å². The summed E-state index contributed by atoms with van der Waals surface area (Å²) in [6, 6.07) is 17.3. The zero-order valence-corrected chi connectivity index (χ0v) is 22.0. The van der Waals surface area contributed by atoms with E-state index in [-0.39, 0.29) is 18.1 Å². The van der Waals surface area contributed by atoms with E-state index in [1.807, 2.05) is 39.9 Å². The minimum absolute atomic E-state index is 0.197. The van der Waals surface area contributed by atoms with Crippen molar-refractivity contribution < 1.29 is 14.3 Å². The van der Waals surface area contributed by atoms with Crippen LogP contribution >= 0.6 is 11.6 Å². The summed E-state index contributed by atoms with van der Waals surface area (Å²) in [6.45, 7) is 2.68. The number of hydrogen-bond donors (Lipinski definition) is 4. The number of nitrogens with one attached hydrogen (secondary N) is 3. The third kappa shape index (κ3) is 4.57. The molecule has 0 aliphatic carbocycles. The molecule has 6 rings (SSSR count). The first-order chi connectivity index (χ1) is 18.8. The van der Waals surface area contributed by atoms with Crippen molar-refractivity contribution in [2.24, 2.45) is 0 Å². The Morgan fingerprint density at radius 3 is 2.82 bits per heavy atom. The van der Waals surface area contributed by atoms with Crippen LogP contribution in [0.15, 0.2) is 66.9 Å². The maximum Gasteiger partial charge on any atom is 0.221 e. The lowest BCUT2D eigenvalue weighted by Gasteiger charge is -2.38. The van der Waals surface area contributed by atoms with Crippen molar-refractivity contribution in [3.63, 3.8) is 0 Å². The average Bonchev–Trinajstić information content (AvgIpc) is 3.48. The molecule has 200 valence electrons. The Bertz CT molecular complexity index is 1770. The molecule has 0 spiro atoms. The Morgan fingerprint density at radius 2 is 2.03 bits per heavy atom. The molecule has 39 heavy (non-hydrogen) atoms. The van der Waals surface area contributed by atoms with Gasteiger partial charge in [-0.3, -0.25) is 10.2 Å². The summed E-state index contributed by atoms with van der Waals surface area (Å²) in [6.07, 6.45) is 1.54. The first-order valence-electron chi connectivity index (χ1n) is 12.8. The molecule has 0 saturated carbocycles. The number of piperidine rings is 1. The number of halogens is 2. The van der Waals surface area contributed by atoms with Gasteiger partial charge in [0.05, 0.1) is 41.1 Å². The Labute approximate surface area is 228 Å². The molecule has 2 aromatic heterocycles. The van der Waals surface area contributed by atoms with Crippen molar-refractivity contribution in [1.29, 1.82) is 5.41 Å². The summed E-state index contributed by atoms with van der Waals surface area (Å²) in [5, 5.41) is 25.0. The van der Waals surface area contributed by atoms with E-state index < -0.39 is 18.0 Å². The quantitative estimate of drug-likeness (QED) is 0.249. The van der Waals surface area contributed by atoms with Crippen molar-refractivity contribution in [3.05, 3.63) is 88.9 Å². The fourth-order valence-corrected chi connectivity index (χ4v) is 5.90. The zero-order valence-electron chi connectivity index (χ0n) is 21.3. The van der Waals surface area contributed by atoms with Crippen LogP contribution in [0.3, 0.4) is 0 Å². The zero-order chi connectivity index (χ0) is 27.3. The number of amides is 1. The number of carbonyl (C=O) groups is 1. The van der Waals surface area contributed by atoms with Crippen molar-refractivity contribution in [1.82, 2.24) is 14.1 Å². The second-order valence-corrected chi connectivity index (χ2v) is 10.4. The van der Waals surface area contributed by atoms with E-state index in [0.717, 1.165) is 27.7 Å². The number of H-pyrrole nitrogens is 1. The molecule has 2 atom stereocenters. The number of aliphatic hydroxyl groups is 1. The number of aromatic nitrogens is 3. The molecule has 1 aliphatic heterocycles. The van der Waals surface area contributed by atoms with Crippen LogP contribution in [0.2, 0.25) is 5.02 Å². The van der Waals surface area contributed by atoms with Gasteiger partial charge in [-0.1, -0.05) is 23.7 Å². The maximum absolute atomic E-state index is 14.5. The van der Waals surface area contributed by atoms with E-state index >= 15 is 0 Å². The van der Waals surface area contributed by atoms with Gasteiger partial charge >= 0.3 is 0 Å². The maximum atomic E-state index is 14.5. The molecule has 3 heterocycles. The minimum Gasteiger partial charge on any atom is -0.389 e. The summed E-state index contributed by atoms with van der Waals surface area (Å²) in [7, 11) is 0. The van der Waals surface area contributed by atoms with E-state index in [2.05, 4.69) is 10.3 Å². The third-order valence-electron chi connectivity index (χ3n) is 7.47. The van der Waals surface area contributed by atoms with Gasteiger partial charge in [0.2, 0.25) is 11.5 Å². The van der Waals surface area contributed by atoms with Crippen LogP contribution in [0.25, 0.3) is 21.9 Å². The Kier molecular flexibility index (Phi) is 6.40. The van der Waals surface area contributed by atoms with Crippen LogP contribution in [0.1, 0.15) is 24.9 Å². The number of imidazole rings is 1. The number of fused-ring (bicyclic) bond motifs is 2. The molecule has 1 saturated heterocycles. The van der Waals surface area contributed by atoms with E-state index in [4.69, 9.17) is 17.0 Å². The number of nitrogens with zero attached hydrogens (tertiary/aromatic N) is 3. The van der Waals surface area contributed by atoms with Crippen LogP contribution in [0, 0.1) is 11.2 Å². The summed E-state index contributed by atoms with van der Waals surface area (Å²) < 4.78 is 18.1. The monoisotopic (exact) mass is 546 g/mol. The smallest absolute Gasteiger partial charge is 0.221 e. The lowest BCUT2D eigenvalue weighted by molar-refractivity contribution is -0.114. The lowest BCUT2D eigenvalue weighted by Crippen LogP contribution is -2.47. The highest BCUT2D eigenvalue weighted by molar-refractivity contribution is 6.31. The summed E-state index contributed by atoms with van der Waals surface area (Å²) in [5.41, 5.74) is 4.88. The van der Waals surface area contributed by atoms with Gasteiger partial charge in [0, 0.05) is 42.1 Å². The minimum atomic E-state index is -0.854. The molecule has 3 aromatic carbocycles. The van der Waals surface area contributed by atoms with Gasteiger partial charge in [-0.25, -0.2) is 4.39 Å². The van der Waals surface area contributed by atoms with Crippen LogP contribution < -0.4 is 15.8 Å². The van der Waals surface area contributed by atoms with Gasteiger partial charge in [0.25, 0.3) is 0 Å². The topological polar surface area (TPSA) is 102 Å². The van der Waals surface area contributed by atoms with Crippen LogP contribution in [-0.4, -0.2) is 44.3 Å². The molecule has 0 bridgehead atoms. The van der Waals surface area contributed by atoms with Crippen LogP contribution in [0.5, 0.6) is 0 Å². The Morgan fingerprint density at radius 1 is 1.18 bits per heavy atom. The van der Waals surface area contributed by atoms with Gasteiger partial charge < -0.3 is 29.4 Å². The molecule has 5 aromatic rings. The number of β-amino-alcohol motifs (C(OH)–C–C–N with tert-alkyl or cyclic N) is 1. The highest BCUT2D eigenvalue weighted by Gasteiger charge is 2.32. The summed E-state index contributed by atoms with van der Waals surface area (Å²) >= 11 is 6.26. The molecule has 1 amide bonds. The number of anilines is 2. The lowest BCUT2D eigenvalue weighted by atomic mass is 10.00. The fourth-order valence-electron chi connectivity index (χ4n) is 5.73. The van der Waals surface area contributed by atoms with Gasteiger partial charge in [-0.2, -0.15) is 0 Å². The van der Waals surface area contributed by atoms with Gasteiger partial charge in [-0.05, 0) is 60.5 Å². The molecule has 8 nitrogen and oxygen atoms in total. The molecule has 1 fully saturated rings. The van der Waals surface area contributed by atoms with Crippen molar-refractivity contribution in [3.8, 4) is 0 Å². The van der Waals surface area contributed by atoms with E-state index in [0.29, 0.717) is 35.7 Å². The SMILES string of the molecule is CC(=O)Nc1ccc(Cl)cc1N1CCC(n2c(=N)n(Cc3cccc4[nH]ccc34)c3ccc(F)cc32)C(O)C1. The molecule has 10 heteroatoms. The fraction of sp³-hybridized carbons (Fsp3) is 0.241. The summed E-state index contributed by atoms with van der Waals surface area (Å²) in [4.78, 5) is 16.9. The first-order valence-corrected chi connectivity index (χ1v) is 13.2. The average molecular weight is 547 g/mol. The third-order valence-corrected chi connectivity index (χ3v) is 7.71. The molecule has 4 N–H and O–H groups in total. The van der Waals surface area contributed by atoms with Crippen LogP contribution in [0.4, 0.5) is 15.8 Å². The number of benzene rings is 3. The molecule has 0 radical (unpaired) electrons. The second-order valence-electron chi connectivity index (χ2n) is 9.98. The van der Waals surface area contributed by atoms with Gasteiger partial charge in [0.1, 0.15) is 5.82 Å².